The van der Waals surface area contributed by atoms with Gasteiger partial charge in [0.2, 0.25) is 5.52 Å². The highest BCUT2D eigenvalue weighted by Crippen LogP contribution is 2.51. The lowest BCUT2D eigenvalue weighted by molar-refractivity contribution is -0.118. The third-order valence-electron chi connectivity index (χ3n) is 2.71. The molecule has 82 valence electrons. The van der Waals surface area contributed by atoms with E-state index in [0.29, 0.717) is 0 Å². The molecule has 0 radical (unpaired) electrons. The molecule has 1 aliphatic rings. The molecule has 4 nitrogen and oxygen atoms in total. The van der Waals surface area contributed by atoms with Crippen molar-refractivity contribution in [3.63, 3.8) is 0 Å². The molecule has 0 aromatic rings. The van der Waals surface area contributed by atoms with Gasteiger partial charge in [-0.1, -0.05) is 19.3 Å². The fourth-order valence-electron chi connectivity index (χ4n) is 1.83. The Labute approximate surface area is 84.5 Å². The molecule has 0 amide bonds. The maximum atomic E-state index is 11.8. The number of carbonyl (C=O) groups is 1. The fourth-order valence-corrected chi connectivity index (χ4v) is 3.04. The molecule has 0 saturated heterocycles. The van der Waals surface area contributed by atoms with Crippen LogP contribution in [0.1, 0.15) is 32.1 Å². The fraction of sp³-hybridized carbons (Fsp3) is 0.889. The van der Waals surface area contributed by atoms with E-state index < -0.39 is 7.60 Å². The minimum absolute atomic E-state index is 0.130. The molecule has 0 unspecified atom stereocenters. The van der Waals surface area contributed by atoms with E-state index in [2.05, 4.69) is 9.05 Å². The Hall–Kier alpha value is -0.180. The van der Waals surface area contributed by atoms with Crippen molar-refractivity contribution in [2.75, 3.05) is 14.2 Å². The lowest BCUT2D eigenvalue weighted by Gasteiger charge is -2.22. The first-order chi connectivity index (χ1) is 6.64. The Balaban J connectivity index is 2.66. The first kappa shape index (κ1) is 11.9. The molecule has 0 atom stereocenters. The summed E-state index contributed by atoms with van der Waals surface area (Å²) in [4.78, 5) is 11.8. The van der Waals surface area contributed by atoms with E-state index in [1.165, 1.54) is 14.2 Å². The lowest BCUT2D eigenvalue weighted by Crippen LogP contribution is -2.19. The Bertz CT molecular complexity index is 237. The molecule has 14 heavy (non-hydrogen) atoms. The van der Waals surface area contributed by atoms with Gasteiger partial charge in [0.25, 0.3) is 0 Å². The van der Waals surface area contributed by atoms with Crippen LogP contribution in [0.15, 0.2) is 0 Å². The van der Waals surface area contributed by atoms with Crippen LogP contribution < -0.4 is 0 Å². The largest absolute Gasteiger partial charge is 0.396 e. The molecule has 1 fully saturated rings. The third-order valence-corrected chi connectivity index (χ3v) is 4.57. The summed E-state index contributed by atoms with van der Waals surface area (Å²) in [6, 6.07) is 0. The number of hydrogen-bond donors (Lipinski definition) is 0. The first-order valence-electron chi connectivity index (χ1n) is 4.90. The topological polar surface area (TPSA) is 52.6 Å². The van der Waals surface area contributed by atoms with Crippen molar-refractivity contribution in [3.8, 4) is 0 Å². The van der Waals surface area contributed by atoms with Crippen molar-refractivity contribution >= 4 is 13.1 Å². The highest BCUT2D eigenvalue weighted by atomic mass is 31.2. The quantitative estimate of drug-likeness (QED) is 0.683. The van der Waals surface area contributed by atoms with E-state index in [0.717, 1.165) is 32.1 Å². The highest BCUT2D eigenvalue weighted by molar-refractivity contribution is 7.71. The lowest BCUT2D eigenvalue weighted by atomic mass is 9.90. The Morgan fingerprint density at radius 1 is 1.14 bits per heavy atom. The smallest absolute Gasteiger partial charge is 0.307 e. The van der Waals surface area contributed by atoms with Gasteiger partial charge in [0, 0.05) is 20.1 Å². The summed E-state index contributed by atoms with van der Waals surface area (Å²) in [5, 5.41) is 0. The van der Waals surface area contributed by atoms with Gasteiger partial charge in [-0.15, -0.1) is 0 Å². The third kappa shape index (κ3) is 2.44. The van der Waals surface area contributed by atoms with E-state index >= 15 is 0 Å². The van der Waals surface area contributed by atoms with Gasteiger partial charge in [-0.2, -0.15) is 0 Å². The predicted octanol–water partition coefficient (Wildman–Crippen LogP) is 2.58. The molecule has 0 heterocycles. The molecule has 0 aromatic heterocycles. The zero-order valence-electron chi connectivity index (χ0n) is 8.69. The van der Waals surface area contributed by atoms with Gasteiger partial charge in [0.1, 0.15) is 0 Å². The van der Waals surface area contributed by atoms with Gasteiger partial charge in [0.05, 0.1) is 0 Å². The van der Waals surface area contributed by atoms with Crippen LogP contribution in [0.25, 0.3) is 0 Å². The van der Waals surface area contributed by atoms with Crippen molar-refractivity contribution < 1.29 is 18.4 Å². The molecule has 0 N–H and O–H groups in total. The van der Waals surface area contributed by atoms with Crippen molar-refractivity contribution in [1.29, 1.82) is 0 Å². The van der Waals surface area contributed by atoms with Gasteiger partial charge in [0.15, 0.2) is 0 Å². The van der Waals surface area contributed by atoms with Gasteiger partial charge in [-0.25, -0.2) is 0 Å². The van der Waals surface area contributed by atoms with Crippen LogP contribution in [0.4, 0.5) is 0 Å². The van der Waals surface area contributed by atoms with E-state index in [4.69, 9.17) is 0 Å². The second kappa shape index (κ2) is 5.06. The zero-order chi connectivity index (χ0) is 10.6. The summed E-state index contributed by atoms with van der Waals surface area (Å²) in [7, 11) is -0.970. The maximum absolute atomic E-state index is 11.8. The van der Waals surface area contributed by atoms with Crippen LogP contribution >= 0.6 is 7.60 Å². The van der Waals surface area contributed by atoms with Gasteiger partial charge >= 0.3 is 7.60 Å². The minimum atomic E-state index is -3.48. The van der Waals surface area contributed by atoms with Gasteiger partial charge < -0.3 is 9.05 Å². The summed E-state index contributed by atoms with van der Waals surface area (Å²) in [5.74, 6) is -0.130. The molecule has 0 bridgehead atoms. The normalized spacial score (nSPS) is 19.6. The maximum Gasteiger partial charge on any atom is 0.396 e. The summed E-state index contributed by atoms with van der Waals surface area (Å²) in [6.45, 7) is 0. The van der Waals surface area contributed by atoms with E-state index in [1.54, 1.807) is 0 Å². The van der Waals surface area contributed by atoms with Crippen molar-refractivity contribution in [2.24, 2.45) is 5.92 Å². The number of hydrogen-bond acceptors (Lipinski definition) is 4. The standard InChI is InChI=1S/C9H17O4P/c1-12-14(11,13-2)9(10)8-6-4-3-5-7-8/h8H,3-7H2,1-2H3. The Morgan fingerprint density at radius 2 is 1.64 bits per heavy atom. The molecule has 0 spiro atoms. The molecule has 1 saturated carbocycles. The van der Waals surface area contributed by atoms with Gasteiger partial charge in [-0.05, 0) is 12.8 Å². The zero-order valence-corrected chi connectivity index (χ0v) is 9.59. The average molecular weight is 220 g/mol. The van der Waals surface area contributed by atoms with Crippen LogP contribution in [0.3, 0.4) is 0 Å². The van der Waals surface area contributed by atoms with Crippen LogP contribution in [0.2, 0.25) is 0 Å². The van der Waals surface area contributed by atoms with Crippen LogP contribution in [-0.4, -0.2) is 19.7 Å². The average Bonchev–Trinajstić information content (AvgIpc) is 2.28. The summed E-state index contributed by atoms with van der Waals surface area (Å²) >= 11 is 0. The summed E-state index contributed by atoms with van der Waals surface area (Å²) < 4.78 is 21.1. The Morgan fingerprint density at radius 3 is 2.07 bits per heavy atom. The molecular weight excluding hydrogens is 203 g/mol. The van der Waals surface area contributed by atoms with Crippen LogP contribution in [0, 0.1) is 5.92 Å². The molecule has 1 rings (SSSR count). The van der Waals surface area contributed by atoms with Crippen molar-refractivity contribution in [2.45, 2.75) is 32.1 Å². The highest BCUT2D eigenvalue weighted by Gasteiger charge is 2.38. The summed E-state index contributed by atoms with van der Waals surface area (Å²) in [6.07, 6.45) is 4.85. The van der Waals surface area contributed by atoms with E-state index in [9.17, 15) is 9.36 Å². The molecule has 5 heteroatoms. The first-order valence-corrected chi connectivity index (χ1v) is 6.44. The van der Waals surface area contributed by atoms with Crippen molar-refractivity contribution in [3.05, 3.63) is 0 Å². The second-order valence-corrected chi connectivity index (χ2v) is 5.70. The van der Waals surface area contributed by atoms with E-state index in [1.807, 2.05) is 0 Å². The minimum Gasteiger partial charge on any atom is -0.307 e. The van der Waals surface area contributed by atoms with Gasteiger partial charge in [-0.3, -0.25) is 9.36 Å². The van der Waals surface area contributed by atoms with E-state index in [-0.39, 0.29) is 11.4 Å². The monoisotopic (exact) mass is 220 g/mol. The van der Waals surface area contributed by atoms with Crippen LogP contribution in [-0.2, 0) is 18.4 Å². The molecule has 0 aliphatic heterocycles. The molecule has 0 aromatic carbocycles. The number of carbonyl (C=O) groups excluding carboxylic acids is 1. The number of rotatable bonds is 4. The second-order valence-electron chi connectivity index (χ2n) is 3.54. The SMILES string of the molecule is COP(=O)(OC)C(=O)C1CCCCC1. The molecule has 1 aliphatic carbocycles. The predicted molar refractivity (Wildman–Crippen MR) is 53.2 cm³/mol. The Kier molecular flexibility index (Phi) is 4.30. The van der Waals surface area contributed by atoms with Crippen molar-refractivity contribution in [1.82, 2.24) is 0 Å². The van der Waals surface area contributed by atoms with Crippen LogP contribution in [0.5, 0.6) is 0 Å². The summed E-state index contributed by atoms with van der Waals surface area (Å²) in [5.41, 5.74) is -0.345. The molecular formula is C9H17O4P.